The number of nitrogens with zero attached hydrogens (tertiary/aromatic N) is 4. The lowest BCUT2D eigenvalue weighted by Crippen LogP contribution is -2.33. The van der Waals surface area contributed by atoms with E-state index < -0.39 is 133 Å². The monoisotopic (exact) mass is 915 g/mol. The molecule has 9 N–H and O–H groups in total. The number of hydrogen-bond donors (Lipinski definition) is 8. The van der Waals surface area contributed by atoms with E-state index in [2.05, 4.69) is 19.5 Å². The molecule has 3 aliphatic heterocycles. The smallest absolute Gasteiger partial charge is 0.390 e. The lowest BCUT2D eigenvalue weighted by Gasteiger charge is -2.24. The van der Waals surface area contributed by atoms with Crippen LogP contribution in [0.4, 0.5) is 5.82 Å². The van der Waals surface area contributed by atoms with Gasteiger partial charge < -0.3 is 44.6 Å². The molecule has 3 aromatic rings. The van der Waals surface area contributed by atoms with Gasteiger partial charge in [0.15, 0.2) is 0 Å². The van der Waals surface area contributed by atoms with Crippen molar-refractivity contribution in [2.24, 2.45) is 0 Å². The Kier molecular flexibility index (Phi) is 13.6. The van der Waals surface area contributed by atoms with E-state index in [0.29, 0.717) is 0 Å². The van der Waals surface area contributed by atoms with Gasteiger partial charge in [-0.25, -0.2) is 28.1 Å². The average Bonchev–Trinajstić information content (AvgIpc) is 3.84. The number of phosphoric ester groups is 3. The zero-order valence-electron chi connectivity index (χ0n) is 31.2. The second-order valence-electron chi connectivity index (χ2n) is 13.8. The molecule has 0 aliphatic carbocycles. The molecule has 6 rings (SSSR count). The van der Waals surface area contributed by atoms with Gasteiger partial charge in [0.1, 0.15) is 55.0 Å². The lowest BCUT2D eigenvalue weighted by atomic mass is 10.2. The number of aromatic amines is 2. The van der Waals surface area contributed by atoms with Crippen LogP contribution in [0, 0.1) is 13.8 Å². The number of rotatable bonds is 16. The minimum absolute atomic E-state index is 0.0684. The van der Waals surface area contributed by atoms with E-state index in [9.17, 15) is 62.3 Å². The van der Waals surface area contributed by atoms with Crippen molar-refractivity contribution >= 4 is 29.3 Å². The van der Waals surface area contributed by atoms with Gasteiger partial charge in [0.05, 0.1) is 25.9 Å². The Morgan fingerprint density at radius 1 is 0.717 bits per heavy atom. The number of phosphoric acid groups is 3. The molecule has 0 aromatic carbocycles. The average molecular weight is 916 g/mol. The highest BCUT2D eigenvalue weighted by Gasteiger charge is 2.47. The topological polar surface area (TPSA) is 397 Å². The van der Waals surface area contributed by atoms with Crippen molar-refractivity contribution in [3.63, 3.8) is 0 Å². The SMILES string of the molecule is Cc1cn(C2CC(O)C(COP(=O)(O)OC3CC(n4cc(C)c(=O)[nH]c4=O)OC3COP(=O)(O)OC3CC(n4ccc(N)nc4=O)OC3COP(=O)(O)O)O2)c(=O)[nH]c1=O. The van der Waals surface area contributed by atoms with Crippen LogP contribution in [0.15, 0.2) is 48.6 Å². The highest BCUT2D eigenvalue weighted by atomic mass is 31.2. The number of aromatic nitrogens is 6. The van der Waals surface area contributed by atoms with Crippen LogP contribution < -0.4 is 33.9 Å². The van der Waals surface area contributed by atoms with Crippen molar-refractivity contribution in [3.8, 4) is 0 Å². The maximum Gasteiger partial charge on any atom is 0.472 e. The maximum absolute atomic E-state index is 13.3. The van der Waals surface area contributed by atoms with Crippen molar-refractivity contribution in [2.75, 3.05) is 25.6 Å². The Hall–Kier alpha value is -3.79. The molecule has 3 aliphatic rings. The molecule has 60 heavy (non-hydrogen) atoms. The molecule has 0 radical (unpaired) electrons. The number of ether oxygens (including phenoxy) is 3. The third kappa shape index (κ3) is 11.2. The Labute approximate surface area is 334 Å². The highest BCUT2D eigenvalue weighted by Crippen LogP contribution is 2.52. The molecule has 3 saturated heterocycles. The van der Waals surface area contributed by atoms with Crippen molar-refractivity contribution < 1.29 is 75.2 Å². The molecule has 3 fully saturated rings. The Morgan fingerprint density at radius 3 is 1.63 bits per heavy atom. The predicted molar refractivity (Wildman–Crippen MR) is 196 cm³/mol. The van der Waals surface area contributed by atoms with Crippen LogP contribution in [0.5, 0.6) is 0 Å². The molecule has 11 atom stereocenters. The molecule has 3 aromatic heterocycles. The first-order chi connectivity index (χ1) is 28.0. The predicted octanol–water partition coefficient (Wildman–Crippen LogP) is -2.12. The van der Waals surface area contributed by atoms with E-state index in [1.54, 1.807) is 0 Å². The Morgan fingerprint density at radius 2 is 1.15 bits per heavy atom. The number of aliphatic hydroxyl groups excluding tert-OH is 1. The van der Waals surface area contributed by atoms with E-state index in [1.165, 1.54) is 32.3 Å². The van der Waals surface area contributed by atoms with Crippen molar-refractivity contribution in [1.82, 2.24) is 28.7 Å². The zero-order valence-corrected chi connectivity index (χ0v) is 33.9. The summed E-state index contributed by atoms with van der Waals surface area (Å²) in [5, 5.41) is 10.6. The number of nitrogen functional groups attached to an aromatic ring is 1. The van der Waals surface area contributed by atoms with E-state index in [-0.39, 0.29) is 29.8 Å². The molecule has 31 heteroatoms. The Balaban J connectivity index is 1.15. The van der Waals surface area contributed by atoms with Crippen LogP contribution in [-0.2, 0) is 50.5 Å². The van der Waals surface area contributed by atoms with Crippen LogP contribution in [-0.4, -0.2) is 110 Å². The number of nitrogens with two attached hydrogens (primary N) is 1. The molecule has 0 bridgehead atoms. The summed E-state index contributed by atoms with van der Waals surface area (Å²) in [6, 6.07) is 1.24. The van der Waals surface area contributed by atoms with Gasteiger partial charge in [-0.3, -0.25) is 55.9 Å². The van der Waals surface area contributed by atoms with Gasteiger partial charge in [-0.2, -0.15) is 4.98 Å². The minimum Gasteiger partial charge on any atom is -0.390 e. The van der Waals surface area contributed by atoms with Crippen LogP contribution in [0.1, 0.15) is 49.1 Å². The van der Waals surface area contributed by atoms with Gasteiger partial charge >= 0.3 is 40.5 Å². The molecule has 332 valence electrons. The normalized spacial score (nSPS) is 29.1. The van der Waals surface area contributed by atoms with E-state index in [0.717, 1.165) is 19.9 Å². The second kappa shape index (κ2) is 17.9. The summed E-state index contributed by atoms with van der Waals surface area (Å²) in [7, 11) is -15.5. The summed E-state index contributed by atoms with van der Waals surface area (Å²) >= 11 is 0. The summed E-state index contributed by atoms with van der Waals surface area (Å²) in [4.78, 5) is 109. The molecule has 0 amide bonds. The van der Waals surface area contributed by atoms with Crippen molar-refractivity contribution in [1.29, 1.82) is 0 Å². The Bertz CT molecular complexity index is 2520. The van der Waals surface area contributed by atoms with E-state index >= 15 is 0 Å². The van der Waals surface area contributed by atoms with Gasteiger partial charge in [-0.05, 0) is 19.9 Å². The molecule has 0 spiro atoms. The van der Waals surface area contributed by atoms with Crippen LogP contribution in [0.3, 0.4) is 0 Å². The first-order valence-electron chi connectivity index (χ1n) is 17.6. The maximum atomic E-state index is 13.3. The fourth-order valence-electron chi connectivity index (χ4n) is 6.45. The fourth-order valence-corrected chi connectivity index (χ4v) is 8.72. The summed E-state index contributed by atoms with van der Waals surface area (Å²) in [6.07, 6.45) is -9.87. The number of anilines is 1. The first kappa shape index (κ1) is 45.7. The first-order valence-corrected chi connectivity index (χ1v) is 22.1. The molecule has 28 nitrogen and oxygen atoms in total. The fraction of sp³-hybridized carbons (Fsp3) is 0.586. The van der Waals surface area contributed by atoms with Crippen LogP contribution in [0.25, 0.3) is 0 Å². The number of aryl methyl sites for hydroxylation is 2. The van der Waals surface area contributed by atoms with E-state index in [4.69, 9.17) is 38.0 Å². The van der Waals surface area contributed by atoms with Crippen LogP contribution in [0.2, 0.25) is 0 Å². The third-order valence-corrected chi connectivity index (χ3v) is 11.9. The standard InChI is InChI=1S/C29H40N7O21P3/c1-13-8-35(28(41)32-25(13)38)22-5-15(37)18(53-22)10-51-59(46,47)57-17-7-24(36-9-14(2)26(39)33-29(36)42)55-20(17)12-52-60(48,49)56-16-6-23(34-4-3-21(30)31-27(34)40)54-19(16)11-50-58(43,44)45/h3-4,8-9,15-20,22-24,37H,5-7,10-12H2,1-2H3,(H,46,47)(H,48,49)(H2,30,31,40)(H,32,38,41)(H,33,39,42)(H2,43,44,45). The number of H-pyrrole nitrogens is 2. The van der Waals surface area contributed by atoms with Gasteiger partial charge in [0.2, 0.25) is 0 Å². The molecular weight excluding hydrogens is 875 g/mol. The van der Waals surface area contributed by atoms with Crippen molar-refractivity contribution in [2.45, 2.75) is 88.4 Å². The molecule has 0 saturated carbocycles. The summed E-state index contributed by atoms with van der Waals surface area (Å²) in [5.74, 6) is -0.131. The molecule has 11 unspecified atom stereocenters. The van der Waals surface area contributed by atoms with Gasteiger partial charge in [-0.15, -0.1) is 0 Å². The van der Waals surface area contributed by atoms with Crippen molar-refractivity contribution in [3.05, 3.63) is 87.9 Å². The summed E-state index contributed by atoms with van der Waals surface area (Å²) in [6.45, 7) is 0.205. The number of nitrogens with one attached hydrogen (secondary N) is 2. The lowest BCUT2D eigenvalue weighted by molar-refractivity contribution is -0.0617. The zero-order chi connectivity index (χ0) is 43.9. The number of hydrogen-bond acceptors (Lipinski definition) is 19. The molecule has 6 heterocycles. The largest absolute Gasteiger partial charge is 0.472 e. The molecular formula is C29H40N7O21P3. The number of aliphatic hydroxyl groups is 1. The minimum atomic E-state index is -5.26. The highest BCUT2D eigenvalue weighted by molar-refractivity contribution is 7.47. The van der Waals surface area contributed by atoms with Gasteiger partial charge in [-0.1, -0.05) is 0 Å². The van der Waals surface area contributed by atoms with Crippen LogP contribution >= 0.6 is 23.5 Å². The van der Waals surface area contributed by atoms with E-state index in [1.807, 2.05) is 0 Å². The van der Waals surface area contributed by atoms with Gasteiger partial charge in [0, 0.05) is 49.0 Å². The summed E-state index contributed by atoms with van der Waals surface area (Å²) in [5.41, 5.74) is 1.74. The third-order valence-electron chi connectivity index (χ3n) is 9.39. The van der Waals surface area contributed by atoms with Gasteiger partial charge in [0.25, 0.3) is 11.1 Å². The second-order valence-corrected chi connectivity index (χ2v) is 17.8. The summed E-state index contributed by atoms with van der Waals surface area (Å²) < 4.78 is 83.5. The quantitative estimate of drug-likeness (QED) is 0.0712.